The molecular formula is C32H50O3. The van der Waals surface area contributed by atoms with Crippen molar-refractivity contribution in [3.8, 4) is 0 Å². The Kier molecular flexibility index (Phi) is 6.82. The normalized spacial score (nSPS) is 41.7. The maximum absolute atomic E-state index is 12.6. The highest BCUT2D eigenvalue weighted by Gasteiger charge is 2.58. The second-order valence-corrected chi connectivity index (χ2v) is 14.0. The van der Waals surface area contributed by atoms with Gasteiger partial charge in [-0.3, -0.25) is 4.79 Å². The number of esters is 1. The highest BCUT2D eigenvalue weighted by molar-refractivity contribution is 5.69. The summed E-state index contributed by atoms with van der Waals surface area (Å²) in [6.45, 7) is 12.0. The number of hydrogen-bond acceptors (Lipinski definition) is 3. The molecule has 0 heterocycles. The van der Waals surface area contributed by atoms with E-state index in [4.69, 9.17) is 4.74 Å². The summed E-state index contributed by atoms with van der Waals surface area (Å²) in [5, 5.41) is 10.8. The fourth-order valence-electron chi connectivity index (χ4n) is 9.60. The minimum absolute atomic E-state index is 0.00107. The first kappa shape index (κ1) is 25.6. The van der Waals surface area contributed by atoms with Crippen LogP contribution in [0, 0.1) is 39.9 Å². The Balaban J connectivity index is 1.27. The molecule has 2 saturated carbocycles. The van der Waals surface area contributed by atoms with E-state index in [0.29, 0.717) is 30.1 Å². The fraction of sp³-hybridized carbons (Fsp3) is 0.844. The van der Waals surface area contributed by atoms with Gasteiger partial charge in [0.25, 0.3) is 0 Å². The Morgan fingerprint density at radius 3 is 2.51 bits per heavy atom. The lowest BCUT2D eigenvalue weighted by atomic mass is 9.45. The summed E-state index contributed by atoms with van der Waals surface area (Å²) >= 11 is 0. The molecular weight excluding hydrogens is 432 g/mol. The quantitative estimate of drug-likeness (QED) is 0.321. The van der Waals surface area contributed by atoms with Crippen molar-refractivity contribution in [1.82, 2.24) is 0 Å². The van der Waals surface area contributed by atoms with Gasteiger partial charge in [0, 0.05) is 12.3 Å². The minimum Gasteiger partial charge on any atom is -0.462 e. The van der Waals surface area contributed by atoms with Gasteiger partial charge >= 0.3 is 5.97 Å². The van der Waals surface area contributed by atoms with Crippen molar-refractivity contribution in [3.63, 3.8) is 0 Å². The van der Waals surface area contributed by atoms with Crippen LogP contribution in [0.3, 0.4) is 0 Å². The molecule has 0 bridgehead atoms. The van der Waals surface area contributed by atoms with E-state index in [1.165, 1.54) is 44.9 Å². The number of aliphatic hydroxyl groups excluding tert-OH is 1. The smallest absolute Gasteiger partial charge is 0.306 e. The monoisotopic (exact) mass is 482 g/mol. The van der Waals surface area contributed by atoms with E-state index >= 15 is 0 Å². The number of fused-ring (bicyclic) bond motifs is 4. The fourth-order valence-corrected chi connectivity index (χ4v) is 9.60. The van der Waals surface area contributed by atoms with Gasteiger partial charge in [0.15, 0.2) is 0 Å². The standard InChI is InChI=1S/C32H50O3/c1-21(11-16-29(34)35-22-9-7-6-8-10-22)24-13-14-25-23-12-15-27-30(2,3)28(33)18-20-32(27,5)26(23)17-19-31(24,25)4/h13-14,21-22,24-25,27-28,33H,6-12,15-20H2,1-5H3/t21-,24-,25-,27+,28+,31-,32-/m1/s1. The van der Waals surface area contributed by atoms with Crippen LogP contribution in [-0.2, 0) is 9.53 Å². The highest BCUT2D eigenvalue weighted by atomic mass is 16.5. The maximum atomic E-state index is 12.6. The predicted molar refractivity (Wildman–Crippen MR) is 142 cm³/mol. The molecule has 0 saturated heterocycles. The van der Waals surface area contributed by atoms with Crippen LogP contribution in [0.4, 0.5) is 0 Å². The second kappa shape index (κ2) is 9.34. The molecule has 0 aliphatic heterocycles. The van der Waals surface area contributed by atoms with Crippen LogP contribution in [0.2, 0.25) is 0 Å². The second-order valence-electron chi connectivity index (χ2n) is 14.0. The molecule has 0 aromatic rings. The van der Waals surface area contributed by atoms with Crippen molar-refractivity contribution in [2.75, 3.05) is 0 Å². The van der Waals surface area contributed by atoms with E-state index in [1.54, 1.807) is 11.1 Å². The maximum Gasteiger partial charge on any atom is 0.306 e. The summed E-state index contributed by atoms with van der Waals surface area (Å²) in [5.74, 6) is 2.20. The van der Waals surface area contributed by atoms with Crippen molar-refractivity contribution >= 4 is 5.97 Å². The van der Waals surface area contributed by atoms with Gasteiger partial charge < -0.3 is 9.84 Å². The van der Waals surface area contributed by atoms with E-state index in [9.17, 15) is 9.90 Å². The van der Waals surface area contributed by atoms with Crippen molar-refractivity contribution < 1.29 is 14.6 Å². The Morgan fingerprint density at radius 2 is 1.77 bits per heavy atom. The first-order chi connectivity index (χ1) is 16.6. The van der Waals surface area contributed by atoms with E-state index < -0.39 is 0 Å². The van der Waals surface area contributed by atoms with Crippen molar-refractivity contribution in [2.24, 2.45) is 39.9 Å². The minimum atomic E-state index is -0.169. The van der Waals surface area contributed by atoms with Crippen LogP contribution < -0.4 is 0 Å². The molecule has 196 valence electrons. The third-order valence-corrected chi connectivity index (χ3v) is 11.8. The lowest BCUT2D eigenvalue weighted by Gasteiger charge is -2.60. The van der Waals surface area contributed by atoms with Gasteiger partial charge in [0.1, 0.15) is 6.10 Å². The largest absolute Gasteiger partial charge is 0.462 e. The number of carbonyl (C=O) groups excluding carboxylic acids is 1. The molecule has 5 rings (SSSR count). The van der Waals surface area contributed by atoms with Crippen LogP contribution >= 0.6 is 0 Å². The molecule has 3 heteroatoms. The van der Waals surface area contributed by atoms with E-state index in [2.05, 4.69) is 46.8 Å². The zero-order chi connectivity index (χ0) is 25.0. The number of hydrogen-bond donors (Lipinski definition) is 1. The molecule has 0 spiro atoms. The number of rotatable bonds is 5. The van der Waals surface area contributed by atoms with Crippen molar-refractivity contribution in [2.45, 2.75) is 130 Å². The molecule has 0 aromatic carbocycles. The zero-order valence-electron chi connectivity index (χ0n) is 23.1. The summed E-state index contributed by atoms with van der Waals surface area (Å²) in [6, 6.07) is 0. The van der Waals surface area contributed by atoms with Gasteiger partial charge in [-0.2, -0.15) is 0 Å². The van der Waals surface area contributed by atoms with Crippen LogP contribution in [-0.4, -0.2) is 23.3 Å². The summed E-state index contributed by atoms with van der Waals surface area (Å²) < 4.78 is 5.81. The van der Waals surface area contributed by atoms with E-state index in [-0.39, 0.29) is 34.4 Å². The molecule has 1 N–H and O–H groups in total. The first-order valence-corrected chi connectivity index (χ1v) is 14.9. The van der Waals surface area contributed by atoms with Crippen LogP contribution in [0.5, 0.6) is 0 Å². The molecule has 0 aromatic heterocycles. The summed E-state index contributed by atoms with van der Waals surface area (Å²) in [5.41, 5.74) is 4.02. The third-order valence-electron chi connectivity index (χ3n) is 11.8. The van der Waals surface area contributed by atoms with Crippen LogP contribution in [0.25, 0.3) is 0 Å². The first-order valence-electron chi connectivity index (χ1n) is 14.9. The van der Waals surface area contributed by atoms with Crippen LogP contribution in [0.15, 0.2) is 23.3 Å². The molecule has 2 fully saturated rings. The summed E-state index contributed by atoms with van der Waals surface area (Å²) in [4.78, 5) is 12.6. The lowest BCUT2D eigenvalue weighted by Crippen LogP contribution is -2.53. The predicted octanol–water partition coefficient (Wildman–Crippen LogP) is 7.77. The lowest BCUT2D eigenvalue weighted by molar-refractivity contribution is -0.151. The third kappa shape index (κ3) is 4.26. The Morgan fingerprint density at radius 1 is 1.03 bits per heavy atom. The average Bonchev–Trinajstić information content (AvgIpc) is 3.18. The van der Waals surface area contributed by atoms with Gasteiger partial charge in [0.05, 0.1) is 6.10 Å². The number of ether oxygens (including phenoxy) is 1. The summed E-state index contributed by atoms with van der Waals surface area (Å²) in [6.07, 6.45) is 19.3. The van der Waals surface area contributed by atoms with Crippen LogP contribution in [0.1, 0.15) is 118 Å². The molecule has 0 amide bonds. The van der Waals surface area contributed by atoms with E-state index in [1.807, 2.05) is 0 Å². The highest BCUT2D eigenvalue weighted by Crippen LogP contribution is 2.66. The van der Waals surface area contributed by atoms with Gasteiger partial charge in [-0.25, -0.2) is 0 Å². The topological polar surface area (TPSA) is 46.5 Å². The van der Waals surface area contributed by atoms with Gasteiger partial charge in [-0.15, -0.1) is 0 Å². The molecule has 5 aliphatic carbocycles. The molecule has 0 unspecified atom stereocenters. The van der Waals surface area contributed by atoms with Gasteiger partial charge in [-0.05, 0) is 105 Å². The molecule has 7 atom stereocenters. The van der Waals surface area contributed by atoms with Gasteiger partial charge in [-0.1, -0.05) is 64.3 Å². The van der Waals surface area contributed by atoms with Crippen molar-refractivity contribution in [1.29, 1.82) is 0 Å². The molecule has 35 heavy (non-hydrogen) atoms. The number of allylic oxidation sites excluding steroid dienone is 4. The Bertz CT molecular complexity index is 877. The van der Waals surface area contributed by atoms with Gasteiger partial charge in [0.2, 0.25) is 0 Å². The molecule has 3 nitrogen and oxygen atoms in total. The molecule has 0 radical (unpaired) electrons. The number of aliphatic hydroxyl groups is 1. The Labute approximate surface area is 214 Å². The molecule has 5 aliphatic rings. The SMILES string of the molecule is C[C@H](CCC(=O)OC1CCCCC1)[C@H]1C=C[C@@H]2C3=C(CC[C@@]21C)[C@@]1(C)CC[C@H](O)C(C)(C)[C@@H]1CC3. The number of carbonyl (C=O) groups is 1. The van der Waals surface area contributed by atoms with Crippen molar-refractivity contribution in [3.05, 3.63) is 23.3 Å². The average molecular weight is 483 g/mol. The summed E-state index contributed by atoms with van der Waals surface area (Å²) in [7, 11) is 0. The Hall–Kier alpha value is -1.09. The zero-order valence-corrected chi connectivity index (χ0v) is 23.1. The van der Waals surface area contributed by atoms with E-state index in [0.717, 1.165) is 32.1 Å².